The molecule has 1 saturated heterocycles. The number of hydrogen-bond acceptors (Lipinski definition) is 6. The van der Waals surface area contributed by atoms with E-state index in [9.17, 15) is 5.11 Å². The number of nitrogens with zero attached hydrogens (tertiary/aromatic N) is 5. The number of aliphatic hydroxyl groups is 1. The van der Waals surface area contributed by atoms with Gasteiger partial charge < -0.3 is 5.11 Å². The molecule has 4 heterocycles. The van der Waals surface area contributed by atoms with Crippen molar-refractivity contribution in [3.8, 4) is 5.82 Å². The van der Waals surface area contributed by atoms with Crippen LogP contribution in [0.2, 0.25) is 4.68 Å². The molecule has 0 aromatic carbocycles. The average molecular weight is 475 g/mol. The van der Waals surface area contributed by atoms with Gasteiger partial charge in [-0.2, -0.15) is 0 Å². The van der Waals surface area contributed by atoms with Gasteiger partial charge in [0.2, 0.25) is 0 Å². The van der Waals surface area contributed by atoms with E-state index in [0.717, 1.165) is 41.7 Å². The van der Waals surface area contributed by atoms with Crippen LogP contribution in [-0.4, -0.2) is 70.4 Å². The molecule has 0 aliphatic carbocycles. The number of halogens is 1. The van der Waals surface area contributed by atoms with Crippen molar-refractivity contribution in [3.05, 3.63) is 48.1 Å². The molecule has 2 aliphatic rings. The molecule has 7 nitrogen and oxygen atoms in total. The van der Waals surface area contributed by atoms with E-state index in [1.165, 1.54) is 3.45 Å². The van der Waals surface area contributed by atoms with Crippen LogP contribution in [-0.2, 0) is 6.54 Å². The Labute approximate surface area is 164 Å². The van der Waals surface area contributed by atoms with Crippen molar-refractivity contribution in [2.24, 2.45) is 0 Å². The fraction of sp³-hybridized carbons (Fsp3) is 0.353. The quantitative estimate of drug-likeness (QED) is 0.688. The van der Waals surface area contributed by atoms with E-state index < -0.39 is 21.4 Å². The van der Waals surface area contributed by atoms with E-state index in [-0.39, 0.29) is 6.10 Å². The molecule has 0 atom stereocenters. The summed E-state index contributed by atoms with van der Waals surface area (Å²) in [4.78, 5) is 11.1. The van der Waals surface area contributed by atoms with Crippen molar-refractivity contribution in [2.75, 3.05) is 18.4 Å². The third kappa shape index (κ3) is 3.83. The molecule has 4 rings (SSSR count). The number of β-amino-alcohol motifs (C(OH)–C–C–N with tert-alkyl or cyclic N) is 1. The van der Waals surface area contributed by atoms with E-state index in [4.69, 9.17) is 11.6 Å². The Kier molecular flexibility index (Phi) is 5.09. The van der Waals surface area contributed by atoms with Crippen LogP contribution in [0.1, 0.15) is 11.3 Å². The first kappa shape index (κ1) is 18.0. The van der Waals surface area contributed by atoms with Gasteiger partial charge in [0.15, 0.2) is 0 Å². The minimum atomic E-state index is -1.89. The van der Waals surface area contributed by atoms with Crippen molar-refractivity contribution in [2.45, 2.75) is 24.3 Å². The summed E-state index contributed by atoms with van der Waals surface area (Å²) in [5.74, 6) is 1.29. The summed E-state index contributed by atoms with van der Waals surface area (Å²) >= 11 is 4.22. The number of aromatic nitrogens is 4. The summed E-state index contributed by atoms with van der Waals surface area (Å²) in [6.07, 6.45) is 5.52. The van der Waals surface area contributed by atoms with E-state index in [1.807, 2.05) is 25.3 Å². The Hall–Kier alpha value is -1.35. The van der Waals surface area contributed by atoms with E-state index >= 15 is 0 Å². The SMILES string of the molecule is Cc1nn(-c2ccnc(N[C]3=CC(Cl)=[CH][In]3[CH3])n2)cc1CN1CC(O)C1. The first-order valence-electron chi connectivity index (χ1n) is 8.63. The minimum absolute atomic E-state index is 0.193. The van der Waals surface area contributed by atoms with Crippen LogP contribution in [0.15, 0.2) is 36.9 Å². The Morgan fingerprint density at radius 2 is 2.23 bits per heavy atom. The van der Waals surface area contributed by atoms with Crippen LogP contribution in [0.5, 0.6) is 0 Å². The van der Waals surface area contributed by atoms with Gasteiger partial charge in [0, 0.05) is 0 Å². The predicted molar refractivity (Wildman–Crippen MR) is 102 cm³/mol. The standard InChI is InChI=1S/C16H17ClN6O.CH3.In/c1-11(17)3-5-18-16-19-6-4-15(20-16)23-8-13(12(2)21-23)7-22-9-14(24)10-22;;/h1,3-4,6,8,14,24H,7,9-10H2,2H3,(H,18,19,20);1H3;. The second-order valence-corrected chi connectivity index (χ2v) is 14.5. The van der Waals surface area contributed by atoms with Gasteiger partial charge in [0.1, 0.15) is 0 Å². The Bertz CT molecular complexity index is 889. The molecule has 134 valence electrons. The molecule has 2 aliphatic heterocycles. The summed E-state index contributed by atoms with van der Waals surface area (Å²) in [6, 6.07) is 1.84. The Morgan fingerprint density at radius 1 is 1.42 bits per heavy atom. The average Bonchev–Trinajstić information content (AvgIpc) is 3.09. The molecule has 2 N–H and O–H groups in total. The van der Waals surface area contributed by atoms with Crippen molar-refractivity contribution in [1.29, 1.82) is 0 Å². The Morgan fingerprint density at radius 3 is 2.92 bits per heavy atom. The molecule has 2 aromatic heterocycles. The zero-order valence-electron chi connectivity index (χ0n) is 14.7. The molecule has 1 fully saturated rings. The molecule has 0 unspecified atom stereocenters. The second kappa shape index (κ2) is 7.34. The number of likely N-dealkylation sites (tertiary alicyclic amines) is 1. The summed E-state index contributed by atoms with van der Waals surface area (Å²) < 4.78 is 7.43. The fourth-order valence-corrected chi connectivity index (χ4v) is 9.27. The molecular formula is C17H20ClInN6O. The molecule has 0 amide bonds. The van der Waals surface area contributed by atoms with Crippen molar-refractivity contribution >= 4 is 39.0 Å². The number of nitrogens with one attached hydrogen (secondary N) is 1. The van der Waals surface area contributed by atoms with Crippen LogP contribution in [0.4, 0.5) is 5.95 Å². The molecule has 0 spiro atoms. The summed E-state index contributed by atoms with van der Waals surface area (Å²) in [5.41, 5.74) is 2.11. The number of aryl methyl sites for hydroxylation is 1. The van der Waals surface area contributed by atoms with Gasteiger partial charge in [0.25, 0.3) is 0 Å². The van der Waals surface area contributed by atoms with Gasteiger partial charge in [-0.15, -0.1) is 0 Å². The van der Waals surface area contributed by atoms with E-state index in [0.29, 0.717) is 5.95 Å². The van der Waals surface area contributed by atoms with Gasteiger partial charge in [-0.1, -0.05) is 0 Å². The second-order valence-electron chi connectivity index (χ2n) is 6.84. The van der Waals surface area contributed by atoms with E-state index in [1.54, 1.807) is 10.9 Å². The normalized spacial score (nSPS) is 17.9. The maximum atomic E-state index is 9.43. The first-order chi connectivity index (χ1) is 12.5. The topological polar surface area (TPSA) is 79.1 Å². The molecular weight excluding hydrogens is 454 g/mol. The predicted octanol–water partition coefficient (Wildman–Crippen LogP) is 1.78. The number of allylic oxidation sites excluding steroid dienone is 2. The van der Waals surface area contributed by atoms with Crippen molar-refractivity contribution < 1.29 is 5.11 Å². The first-order valence-corrected chi connectivity index (χ1v) is 15.9. The number of anilines is 1. The summed E-state index contributed by atoms with van der Waals surface area (Å²) in [6.45, 7) is 4.24. The van der Waals surface area contributed by atoms with E-state index in [2.05, 4.69) is 33.8 Å². The van der Waals surface area contributed by atoms with Gasteiger partial charge in [-0.05, 0) is 0 Å². The zero-order valence-corrected chi connectivity index (χ0v) is 18.8. The van der Waals surface area contributed by atoms with Gasteiger partial charge in [-0.25, -0.2) is 0 Å². The molecule has 2 aromatic rings. The monoisotopic (exact) mass is 474 g/mol. The van der Waals surface area contributed by atoms with Crippen LogP contribution >= 0.6 is 11.6 Å². The molecule has 0 bridgehead atoms. The third-order valence-corrected chi connectivity index (χ3v) is 11.6. The number of rotatable bonds is 5. The van der Waals surface area contributed by atoms with Crippen molar-refractivity contribution in [3.63, 3.8) is 0 Å². The zero-order chi connectivity index (χ0) is 18.3. The fourth-order valence-electron chi connectivity index (χ4n) is 3.15. The van der Waals surface area contributed by atoms with Crippen LogP contribution in [0.25, 0.3) is 5.82 Å². The summed E-state index contributed by atoms with van der Waals surface area (Å²) in [7, 11) is 0. The van der Waals surface area contributed by atoms with Crippen molar-refractivity contribution in [1.82, 2.24) is 24.6 Å². The molecule has 0 radical (unpaired) electrons. The van der Waals surface area contributed by atoms with Gasteiger partial charge in [0.05, 0.1) is 0 Å². The molecule has 9 heteroatoms. The number of hydrogen-bond donors (Lipinski definition) is 2. The molecule has 0 saturated carbocycles. The Balaban J connectivity index is 1.51. The molecule has 26 heavy (non-hydrogen) atoms. The van der Waals surface area contributed by atoms with Gasteiger partial charge >= 0.3 is 160 Å². The maximum absolute atomic E-state index is 9.43. The summed E-state index contributed by atoms with van der Waals surface area (Å²) in [5, 5.41) is 18.2. The van der Waals surface area contributed by atoms with Crippen LogP contribution in [0.3, 0.4) is 0 Å². The van der Waals surface area contributed by atoms with Crippen LogP contribution < -0.4 is 5.32 Å². The van der Waals surface area contributed by atoms with Crippen LogP contribution in [0, 0.1) is 6.92 Å². The number of aliphatic hydroxyl groups excluding tert-OH is 1. The van der Waals surface area contributed by atoms with Gasteiger partial charge in [-0.3, -0.25) is 0 Å². The third-order valence-electron chi connectivity index (χ3n) is 4.66.